The van der Waals surface area contributed by atoms with Crippen molar-refractivity contribution < 1.29 is 14.4 Å². The van der Waals surface area contributed by atoms with Gasteiger partial charge in [-0.3, -0.25) is 19.4 Å². The molecule has 6 nitrogen and oxygen atoms in total. The fourth-order valence-electron chi connectivity index (χ4n) is 3.11. The van der Waals surface area contributed by atoms with E-state index in [2.05, 4.69) is 5.32 Å². The summed E-state index contributed by atoms with van der Waals surface area (Å²) in [6.45, 7) is 5.67. The Labute approximate surface area is 158 Å². The zero-order valence-electron chi connectivity index (χ0n) is 15.7. The maximum atomic E-state index is 12.7. The first-order valence-corrected chi connectivity index (χ1v) is 8.91. The summed E-state index contributed by atoms with van der Waals surface area (Å²) in [5.74, 6) is -0.732. The smallest absolute Gasteiger partial charge is 0.332 e. The maximum Gasteiger partial charge on any atom is 0.332 e. The molecule has 27 heavy (non-hydrogen) atoms. The molecule has 1 saturated heterocycles. The lowest BCUT2D eigenvalue weighted by Crippen LogP contribution is -2.41. The molecule has 3 rings (SSSR count). The molecular weight excluding hydrogens is 342 g/mol. The van der Waals surface area contributed by atoms with Crippen LogP contribution in [0.4, 0.5) is 10.5 Å². The van der Waals surface area contributed by atoms with E-state index in [9.17, 15) is 14.4 Å². The van der Waals surface area contributed by atoms with E-state index in [1.54, 1.807) is 19.1 Å². The molecule has 0 radical (unpaired) electrons. The zero-order chi connectivity index (χ0) is 19.6. The van der Waals surface area contributed by atoms with Crippen LogP contribution in [0.1, 0.15) is 23.6 Å². The first kappa shape index (κ1) is 18.6. The highest BCUT2D eigenvalue weighted by molar-refractivity contribution is 6.15. The van der Waals surface area contributed by atoms with Gasteiger partial charge in [0, 0.05) is 12.2 Å². The second-order valence-corrected chi connectivity index (χ2v) is 6.79. The number of nitrogens with zero attached hydrogens (tertiary/aromatic N) is 2. The van der Waals surface area contributed by atoms with Crippen molar-refractivity contribution in [3.63, 3.8) is 0 Å². The highest BCUT2D eigenvalue weighted by atomic mass is 16.2. The Kier molecular flexibility index (Phi) is 5.26. The predicted molar refractivity (Wildman–Crippen MR) is 103 cm³/mol. The molecule has 1 atom stereocenters. The lowest BCUT2D eigenvalue weighted by molar-refractivity contribution is -0.131. The van der Waals surface area contributed by atoms with Gasteiger partial charge >= 0.3 is 6.03 Å². The van der Waals surface area contributed by atoms with Gasteiger partial charge in [-0.15, -0.1) is 0 Å². The minimum absolute atomic E-state index is 0.281. The van der Waals surface area contributed by atoms with Gasteiger partial charge in [-0.05, 0) is 44.0 Å². The SMILES string of the molecule is Cc1ccc(N2C(=O)N(CC(=O)NCc3ccccc3C)C(=O)[C@@H]2C)cc1. The summed E-state index contributed by atoms with van der Waals surface area (Å²) in [6.07, 6.45) is 0. The zero-order valence-corrected chi connectivity index (χ0v) is 15.7. The third kappa shape index (κ3) is 3.84. The van der Waals surface area contributed by atoms with E-state index in [4.69, 9.17) is 0 Å². The number of benzene rings is 2. The summed E-state index contributed by atoms with van der Waals surface area (Å²) < 4.78 is 0. The highest BCUT2D eigenvalue weighted by Gasteiger charge is 2.43. The molecule has 1 fully saturated rings. The molecule has 2 aromatic carbocycles. The third-order valence-electron chi connectivity index (χ3n) is 4.80. The average Bonchev–Trinajstić information content (AvgIpc) is 2.85. The van der Waals surface area contributed by atoms with Gasteiger partial charge in [-0.1, -0.05) is 42.0 Å². The van der Waals surface area contributed by atoms with Crippen molar-refractivity contribution in [1.82, 2.24) is 10.2 Å². The van der Waals surface area contributed by atoms with Gasteiger partial charge < -0.3 is 5.32 Å². The normalized spacial score (nSPS) is 16.8. The van der Waals surface area contributed by atoms with Crippen molar-refractivity contribution in [1.29, 1.82) is 0 Å². The minimum Gasteiger partial charge on any atom is -0.350 e. The van der Waals surface area contributed by atoms with Crippen LogP contribution in [-0.2, 0) is 16.1 Å². The molecule has 0 saturated carbocycles. The summed E-state index contributed by atoms with van der Waals surface area (Å²) in [5, 5.41) is 2.78. The van der Waals surface area contributed by atoms with E-state index in [0.29, 0.717) is 12.2 Å². The van der Waals surface area contributed by atoms with Gasteiger partial charge in [0.05, 0.1) is 0 Å². The van der Waals surface area contributed by atoms with Crippen LogP contribution in [0.2, 0.25) is 0 Å². The van der Waals surface area contributed by atoms with Crippen molar-refractivity contribution in [2.45, 2.75) is 33.4 Å². The fraction of sp³-hybridized carbons (Fsp3) is 0.286. The summed E-state index contributed by atoms with van der Waals surface area (Å²) in [5.41, 5.74) is 3.79. The van der Waals surface area contributed by atoms with Gasteiger partial charge in [-0.25, -0.2) is 4.79 Å². The van der Waals surface area contributed by atoms with Crippen LogP contribution >= 0.6 is 0 Å². The van der Waals surface area contributed by atoms with Crippen LogP contribution < -0.4 is 10.2 Å². The Bertz CT molecular complexity index is 876. The number of aryl methyl sites for hydroxylation is 2. The molecule has 1 aliphatic heterocycles. The average molecular weight is 365 g/mol. The van der Waals surface area contributed by atoms with Crippen LogP contribution in [0.25, 0.3) is 0 Å². The van der Waals surface area contributed by atoms with Crippen LogP contribution in [0.3, 0.4) is 0 Å². The third-order valence-corrected chi connectivity index (χ3v) is 4.80. The summed E-state index contributed by atoms with van der Waals surface area (Å²) in [6, 6.07) is 14.0. The van der Waals surface area contributed by atoms with Gasteiger partial charge in [0.25, 0.3) is 5.91 Å². The lowest BCUT2D eigenvalue weighted by Gasteiger charge is -2.19. The van der Waals surface area contributed by atoms with Crippen molar-refractivity contribution in [3.8, 4) is 0 Å². The second kappa shape index (κ2) is 7.61. The molecule has 0 unspecified atom stereocenters. The minimum atomic E-state index is -0.635. The molecule has 2 aromatic rings. The van der Waals surface area contributed by atoms with E-state index in [1.807, 2.05) is 50.2 Å². The number of hydrogen-bond donors (Lipinski definition) is 1. The molecule has 4 amide bonds. The molecule has 0 aromatic heterocycles. The van der Waals surface area contributed by atoms with Gasteiger partial charge in [0.2, 0.25) is 5.91 Å². The number of nitrogens with one attached hydrogen (secondary N) is 1. The quantitative estimate of drug-likeness (QED) is 0.829. The Morgan fingerprint density at radius 3 is 2.37 bits per heavy atom. The number of urea groups is 1. The van der Waals surface area contributed by atoms with Crippen LogP contribution in [-0.4, -0.2) is 35.3 Å². The number of rotatable bonds is 5. The molecule has 140 valence electrons. The number of hydrogen-bond acceptors (Lipinski definition) is 3. The van der Waals surface area contributed by atoms with Gasteiger partial charge in [0.1, 0.15) is 12.6 Å². The van der Waals surface area contributed by atoms with E-state index in [0.717, 1.165) is 21.6 Å². The van der Waals surface area contributed by atoms with Crippen molar-refractivity contribution >= 4 is 23.5 Å². The number of carbonyl (C=O) groups is 3. The molecular formula is C21H23N3O3. The Morgan fingerprint density at radius 1 is 1.04 bits per heavy atom. The Hall–Kier alpha value is -3.15. The first-order valence-electron chi connectivity index (χ1n) is 8.91. The van der Waals surface area contributed by atoms with Crippen LogP contribution in [0.15, 0.2) is 48.5 Å². The predicted octanol–water partition coefficient (Wildman–Crippen LogP) is 2.78. The van der Waals surface area contributed by atoms with E-state index >= 15 is 0 Å². The number of anilines is 1. The van der Waals surface area contributed by atoms with Crippen LogP contribution in [0, 0.1) is 13.8 Å². The second-order valence-electron chi connectivity index (χ2n) is 6.79. The summed E-state index contributed by atoms with van der Waals surface area (Å²) >= 11 is 0. The first-order chi connectivity index (χ1) is 12.9. The highest BCUT2D eigenvalue weighted by Crippen LogP contribution is 2.25. The van der Waals surface area contributed by atoms with E-state index < -0.39 is 12.1 Å². The fourth-order valence-corrected chi connectivity index (χ4v) is 3.11. The van der Waals surface area contributed by atoms with Gasteiger partial charge in [-0.2, -0.15) is 0 Å². The largest absolute Gasteiger partial charge is 0.350 e. The summed E-state index contributed by atoms with van der Waals surface area (Å²) in [7, 11) is 0. The molecule has 1 aliphatic rings. The van der Waals surface area contributed by atoms with E-state index in [-0.39, 0.29) is 18.4 Å². The monoisotopic (exact) mass is 365 g/mol. The molecule has 1 heterocycles. The summed E-state index contributed by atoms with van der Waals surface area (Å²) in [4.78, 5) is 40.0. The van der Waals surface area contributed by atoms with Crippen LogP contribution in [0.5, 0.6) is 0 Å². The van der Waals surface area contributed by atoms with Crippen molar-refractivity contribution in [3.05, 3.63) is 65.2 Å². The molecule has 1 N–H and O–H groups in total. The van der Waals surface area contributed by atoms with Crippen molar-refractivity contribution in [2.24, 2.45) is 0 Å². The molecule has 0 spiro atoms. The maximum absolute atomic E-state index is 12.7. The Balaban J connectivity index is 1.67. The van der Waals surface area contributed by atoms with Gasteiger partial charge in [0.15, 0.2) is 0 Å². The molecule has 0 aliphatic carbocycles. The van der Waals surface area contributed by atoms with Crippen molar-refractivity contribution in [2.75, 3.05) is 11.4 Å². The lowest BCUT2D eigenvalue weighted by atomic mass is 10.1. The standard InChI is InChI=1S/C21H23N3O3/c1-14-8-10-18(11-9-14)24-16(3)20(26)23(21(24)27)13-19(25)22-12-17-7-5-4-6-15(17)2/h4-11,16H,12-13H2,1-3H3,(H,22,25)/t16-/m0/s1. The number of carbonyl (C=O) groups excluding carboxylic acids is 3. The molecule has 0 bridgehead atoms. The number of amides is 4. The number of imide groups is 1. The topological polar surface area (TPSA) is 69.7 Å². The molecule has 6 heteroatoms. The Morgan fingerprint density at radius 2 is 1.70 bits per heavy atom. The van der Waals surface area contributed by atoms with E-state index in [1.165, 1.54) is 4.90 Å².